The third kappa shape index (κ3) is 3.07. The van der Waals surface area contributed by atoms with E-state index in [1.54, 1.807) is 7.11 Å². The van der Waals surface area contributed by atoms with Gasteiger partial charge in [0.25, 0.3) is 0 Å². The molecule has 0 heterocycles. The maximum absolute atomic E-state index is 11.9. The molecule has 0 unspecified atom stereocenters. The van der Waals surface area contributed by atoms with Crippen molar-refractivity contribution >= 4 is 5.78 Å². The van der Waals surface area contributed by atoms with Crippen molar-refractivity contribution in [1.29, 1.82) is 0 Å². The summed E-state index contributed by atoms with van der Waals surface area (Å²) in [5.74, 6) is 1.02. The van der Waals surface area contributed by atoms with Gasteiger partial charge in [0, 0.05) is 18.4 Å². The van der Waals surface area contributed by atoms with Gasteiger partial charge in [0.15, 0.2) is 0 Å². The lowest BCUT2D eigenvalue weighted by molar-refractivity contribution is -0.120. The summed E-state index contributed by atoms with van der Waals surface area (Å²) in [5, 5.41) is 0. The molecule has 0 spiro atoms. The van der Waals surface area contributed by atoms with Crippen LogP contribution in [-0.2, 0) is 11.2 Å². The molecule has 1 aromatic carbocycles. The van der Waals surface area contributed by atoms with Gasteiger partial charge in [0.1, 0.15) is 11.5 Å². The fourth-order valence-corrected chi connectivity index (χ4v) is 2.27. The van der Waals surface area contributed by atoms with Crippen LogP contribution in [-0.4, -0.2) is 18.4 Å². The fourth-order valence-electron chi connectivity index (χ4n) is 2.27. The molecule has 0 saturated heterocycles. The smallest absolute Gasteiger partial charge is 0.139 e. The van der Waals surface area contributed by atoms with E-state index in [1.807, 2.05) is 24.3 Å². The van der Waals surface area contributed by atoms with E-state index < -0.39 is 0 Å². The first-order valence-electron chi connectivity index (χ1n) is 6.05. The summed E-state index contributed by atoms with van der Waals surface area (Å²) in [6.45, 7) is 0. The number of methoxy groups -OCH3 is 1. The highest BCUT2D eigenvalue weighted by Crippen LogP contribution is 2.32. The Morgan fingerprint density at radius 1 is 1.47 bits per heavy atom. The number of benzene rings is 1. The molecule has 0 amide bonds. The highest BCUT2D eigenvalue weighted by Gasteiger charge is 2.34. The number of Topliss-reactive ketones (excluding diaryl/α,β-unsaturated/α-hetero) is 1. The Kier molecular flexibility index (Phi) is 3.48. The average molecular weight is 233 g/mol. The highest BCUT2D eigenvalue weighted by atomic mass is 16.5. The highest BCUT2D eigenvalue weighted by molar-refractivity contribution is 5.82. The van der Waals surface area contributed by atoms with Gasteiger partial charge in [-0.05, 0) is 37.0 Å². The van der Waals surface area contributed by atoms with Crippen LogP contribution in [0.15, 0.2) is 24.3 Å². The van der Waals surface area contributed by atoms with Gasteiger partial charge in [-0.1, -0.05) is 12.1 Å². The maximum Gasteiger partial charge on any atom is 0.139 e. The van der Waals surface area contributed by atoms with Crippen LogP contribution in [0.3, 0.4) is 0 Å². The molecule has 92 valence electrons. The first kappa shape index (κ1) is 12.1. The molecule has 1 aliphatic rings. The van der Waals surface area contributed by atoms with Gasteiger partial charge in [-0.2, -0.15) is 0 Å². The minimum Gasteiger partial charge on any atom is -0.497 e. The summed E-state index contributed by atoms with van der Waals surface area (Å²) >= 11 is 0. The fraction of sp³-hybridized carbons (Fsp3) is 0.500. The van der Waals surface area contributed by atoms with E-state index in [4.69, 9.17) is 10.5 Å². The molecule has 17 heavy (non-hydrogen) atoms. The number of nitrogens with two attached hydrogens (primary N) is 1. The molecule has 1 saturated carbocycles. The van der Waals surface area contributed by atoms with Gasteiger partial charge in [-0.25, -0.2) is 0 Å². The van der Waals surface area contributed by atoms with E-state index in [-0.39, 0.29) is 11.3 Å². The van der Waals surface area contributed by atoms with E-state index in [0.717, 1.165) is 30.6 Å². The molecule has 1 aliphatic carbocycles. The number of carbonyl (C=O) groups excluding carboxylic acids is 1. The second-order valence-electron chi connectivity index (χ2n) is 4.96. The molecule has 3 nitrogen and oxygen atoms in total. The molecule has 0 aromatic heterocycles. The summed E-state index contributed by atoms with van der Waals surface area (Å²) < 4.78 is 5.13. The Hall–Kier alpha value is -1.35. The number of carbonyl (C=O) groups is 1. The zero-order valence-electron chi connectivity index (χ0n) is 10.2. The lowest BCUT2D eigenvalue weighted by Crippen LogP contribution is -2.48. The third-order valence-corrected chi connectivity index (χ3v) is 3.43. The Morgan fingerprint density at radius 2 is 2.24 bits per heavy atom. The standard InChI is InChI=1S/C14H19NO2/c1-17-13-5-2-4-11(9-13)8-12(16)10-14(15)6-3-7-14/h2,4-5,9H,3,6-8,10,15H2,1H3. The summed E-state index contributed by atoms with van der Waals surface area (Å²) in [4.78, 5) is 11.9. The number of rotatable bonds is 5. The number of ketones is 1. The predicted octanol–water partition coefficient (Wildman–Crippen LogP) is 2.08. The van der Waals surface area contributed by atoms with Gasteiger partial charge < -0.3 is 10.5 Å². The van der Waals surface area contributed by atoms with Crippen LogP contribution in [0.2, 0.25) is 0 Å². The van der Waals surface area contributed by atoms with Crippen LogP contribution < -0.4 is 10.5 Å². The van der Waals surface area contributed by atoms with Crippen molar-refractivity contribution in [2.24, 2.45) is 5.73 Å². The lowest BCUT2D eigenvalue weighted by atomic mass is 9.74. The largest absolute Gasteiger partial charge is 0.497 e. The maximum atomic E-state index is 11.9. The van der Waals surface area contributed by atoms with Crippen molar-refractivity contribution in [3.63, 3.8) is 0 Å². The molecule has 0 aliphatic heterocycles. The normalized spacial score (nSPS) is 17.3. The summed E-state index contributed by atoms with van der Waals surface area (Å²) in [6, 6.07) is 7.64. The second kappa shape index (κ2) is 4.88. The van der Waals surface area contributed by atoms with Crippen molar-refractivity contribution in [1.82, 2.24) is 0 Å². The quantitative estimate of drug-likeness (QED) is 0.847. The number of hydrogen-bond acceptors (Lipinski definition) is 3. The first-order valence-corrected chi connectivity index (χ1v) is 6.05. The van der Waals surface area contributed by atoms with Crippen LogP contribution in [0.4, 0.5) is 0 Å². The zero-order valence-corrected chi connectivity index (χ0v) is 10.2. The van der Waals surface area contributed by atoms with E-state index in [9.17, 15) is 4.79 Å². The molecular weight excluding hydrogens is 214 g/mol. The molecule has 3 heteroatoms. The number of hydrogen-bond donors (Lipinski definition) is 1. The minimum atomic E-state index is -0.212. The van der Waals surface area contributed by atoms with Gasteiger partial charge in [-0.3, -0.25) is 4.79 Å². The van der Waals surface area contributed by atoms with E-state index in [2.05, 4.69) is 0 Å². The van der Waals surface area contributed by atoms with E-state index >= 15 is 0 Å². The van der Waals surface area contributed by atoms with E-state index in [0.29, 0.717) is 12.8 Å². The Labute approximate surface area is 102 Å². The molecule has 1 fully saturated rings. The topological polar surface area (TPSA) is 52.3 Å². The van der Waals surface area contributed by atoms with Crippen LogP contribution in [0.1, 0.15) is 31.2 Å². The average Bonchev–Trinajstić information content (AvgIpc) is 2.27. The van der Waals surface area contributed by atoms with Crippen LogP contribution in [0.5, 0.6) is 5.75 Å². The molecule has 0 radical (unpaired) electrons. The van der Waals surface area contributed by atoms with Gasteiger partial charge in [-0.15, -0.1) is 0 Å². The molecule has 0 bridgehead atoms. The van der Waals surface area contributed by atoms with Crippen molar-refractivity contribution in [3.8, 4) is 5.75 Å². The second-order valence-corrected chi connectivity index (χ2v) is 4.96. The first-order chi connectivity index (χ1) is 8.11. The van der Waals surface area contributed by atoms with E-state index in [1.165, 1.54) is 0 Å². The zero-order chi connectivity index (χ0) is 12.3. The lowest BCUT2D eigenvalue weighted by Gasteiger charge is -2.37. The van der Waals surface area contributed by atoms with Crippen molar-refractivity contribution in [2.75, 3.05) is 7.11 Å². The van der Waals surface area contributed by atoms with Crippen molar-refractivity contribution in [2.45, 2.75) is 37.6 Å². The van der Waals surface area contributed by atoms with Crippen LogP contribution in [0, 0.1) is 0 Å². The van der Waals surface area contributed by atoms with Gasteiger partial charge in [0.05, 0.1) is 7.11 Å². The SMILES string of the molecule is COc1cccc(CC(=O)CC2(N)CCC2)c1. The monoisotopic (exact) mass is 233 g/mol. The summed E-state index contributed by atoms with van der Waals surface area (Å²) in [7, 11) is 1.63. The molecule has 2 N–H and O–H groups in total. The molecule has 0 atom stereocenters. The Bertz CT molecular complexity index is 410. The third-order valence-electron chi connectivity index (χ3n) is 3.43. The Morgan fingerprint density at radius 3 is 2.82 bits per heavy atom. The summed E-state index contributed by atoms with van der Waals surface area (Å²) in [5.41, 5.74) is 6.85. The minimum absolute atomic E-state index is 0.212. The van der Waals surface area contributed by atoms with Crippen LogP contribution in [0.25, 0.3) is 0 Å². The molecule has 1 aromatic rings. The molecule has 2 rings (SSSR count). The number of ether oxygens (including phenoxy) is 1. The van der Waals surface area contributed by atoms with Gasteiger partial charge in [0.2, 0.25) is 0 Å². The predicted molar refractivity (Wildman–Crippen MR) is 67.1 cm³/mol. The van der Waals surface area contributed by atoms with Gasteiger partial charge >= 0.3 is 0 Å². The Balaban J connectivity index is 1.93. The summed E-state index contributed by atoms with van der Waals surface area (Å²) in [6.07, 6.45) is 4.08. The molecular formula is C14H19NO2. The van der Waals surface area contributed by atoms with Crippen LogP contribution >= 0.6 is 0 Å². The van der Waals surface area contributed by atoms with Crippen molar-refractivity contribution < 1.29 is 9.53 Å². The van der Waals surface area contributed by atoms with Crippen molar-refractivity contribution in [3.05, 3.63) is 29.8 Å².